The number of carbonyl (C=O) groups is 1. The molecule has 0 aliphatic carbocycles. The van der Waals surface area contributed by atoms with E-state index < -0.39 is 22.0 Å². The van der Waals surface area contributed by atoms with Gasteiger partial charge in [-0.05, 0) is 36.8 Å². The first kappa shape index (κ1) is 20.2. The lowest BCUT2D eigenvalue weighted by atomic mass is 10.2. The maximum Gasteiger partial charge on any atom is 0.263 e. The van der Waals surface area contributed by atoms with Gasteiger partial charge in [0.25, 0.3) is 5.91 Å². The van der Waals surface area contributed by atoms with Crippen molar-refractivity contribution in [2.45, 2.75) is 13.0 Å². The van der Waals surface area contributed by atoms with E-state index in [0.29, 0.717) is 21.3 Å². The summed E-state index contributed by atoms with van der Waals surface area (Å²) in [5.74, 6) is -0.574. The van der Waals surface area contributed by atoms with Crippen LogP contribution in [0.15, 0.2) is 53.6 Å². The number of amides is 1. The molecule has 0 spiro atoms. The number of benzene rings is 2. The molecule has 138 valence electrons. The van der Waals surface area contributed by atoms with Gasteiger partial charge in [0, 0.05) is 0 Å². The number of rotatable bonds is 6. The maximum atomic E-state index is 12.3. The molecule has 1 N–H and O–H groups in total. The van der Waals surface area contributed by atoms with E-state index in [1.807, 2.05) is 0 Å². The summed E-state index contributed by atoms with van der Waals surface area (Å²) in [5, 5.41) is 4.62. The predicted molar refractivity (Wildman–Crippen MR) is 105 cm³/mol. The SMILES string of the molecule is C[C@@H](C(=O)NN=Cc1ccc(Cl)c(Cl)c1)N(c1ccccc1)S(C)(=O)=O. The average molecular weight is 414 g/mol. The van der Waals surface area contributed by atoms with Crippen molar-refractivity contribution in [3.05, 3.63) is 64.1 Å². The zero-order chi connectivity index (χ0) is 19.3. The summed E-state index contributed by atoms with van der Waals surface area (Å²) in [7, 11) is -3.66. The first-order valence-corrected chi connectivity index (χ1v) is 10.1. The van der Waals surface area contributed by atoms with Crippen molar-refractivity contribution in [1.29, 1.82) is 0 Å². The van der Waals surface area contributed by atoms with Crippen LogP contribution in [-0.2, 0) is 14.8 Å². The molecular weight excluding hydrogens is 397 g/mol. The summed E-state index contributed by atoms with van der Waals surface area (Å²) in [4.78, 5) is 12.3. The second-order valence-corrected chi connectivity index (χ2v) is 8.15. The Morgan fingerprint density at radius 3 is 2.38 bits per heavy atom. The fraction of sp³-hybridized carbons (Fsp3) is 0.176. The molecule has 6 nitrogen and oxygen atoms in total. The van der Waals surface area contributed by atoms with Crippen LogP contribution in [0.4, 0.5) is 5.69 Å². The van der Waals surface area contributed by atoms with Crippen LogP contribution in [0.2, 0.25) is 10.0 Å². The topological polar surface area (TPSA) is 78.8 Å². The van der Waals surface area contributed by atoms with Gasteiger partial charge in [-0.2, -0.15) is 5.10 Å². The largest absolute Gasteiger partial charge is 0.271 e. The summed E-state index contributed by atoms with van der Waals surface area (Å²) < 4.78 is 25.3. The van der Waals surface area contributed by atoms with Crippen LogP contribution in [0.25, 0.3) is 0 Å². The van der Waals surface area contributed by atoms with Crippen LogP contribution in [0, 0.1) is 0 Å². The van der Waals surface area contributed by atoms with Crippen molar-refractivity contribution in [1.82, 2.24) is 5.43 Å². The number of hydrogen-bond acceptors (Lipinski definition) is 4. The first-order valence-electron chi connectivity index (χ1n) is 7.52. The van der Waals surface area contributed by atoms with Gasteiger partial charge in [0.1, 0.15) is 6.04 Å². The van der Waals surface area contributed by atoms with Crippen molar-refractivity contribution in [2.24, 2.45) is 5.10 Å². The standard InChI is InChI=1S/C17H17Cl2N3O3S/c1-12(22(26(2,24)25)14-6-4-3-5-7-14)17(23)21-20-11-13-8-9-15(18)16(19)10-13/h3-12H,1-2H3,(H,21,23)/t12-/m0/s1. The Labute approximate surface area is 162 Å². The highest BCUT2D eigenvalue weighted by molar-refractivity contribution is 7.92. The number of carbonyl (C=O) groups excluding carboxylic acids is 1. The molecule has 0 fully saturated rings. The second kappa shape index (κ2) is 8.53. The molecule has 0 saturated heterocycles. The number of hydrogen-bond donors (Lipinski definition) is 1. The van der Waals surface area contributed by atoms with E-state index in [1.165, 1.54) is 13.1 Å². The molecule has 0 unspecified atom stereocenters. The van der Waals surface area contributed by atoms with E-state index in [1.54, 1.807) is 48.5 Å². The van der Waals surface area contributed by atoms with E-state index >= 15 is 0 Å². The van der Waals surface area contributed by atoms with Gasteiger partial charge in [0.15, 0.2) is 0 Å². The lowest BCUT2D eigenvalue weighted by Crippen LogP contribution is -2.46. The third-order valence-corrected chi connectivity index (χ3v) is 5.41. The Bertz CT molecular complexity index is 918. The van der Waals surface area contributed by atoms with E-state index in [4.69, 9.17) is 23.2 Å². The summed E-state index contributed by atoms with van der Waals surface area (Å²) >= 11 is 11.7. The van der Waals surface area contributed by atoms with Crippen molar-refractivity contribution < 1.29 is 13.2 Å². The van der Waals surface area contributed by atoms with Crippen LogP contribution < -0.4 is 9.73 Å². The Kier molecular flexibility index (Phi) is 6.63. The van der Waals surface area contributed by atoms with Gasteiger partial charge >= 0.3 is 0 Å². The number of halogens is 2. The molecule has 2 rings (SSSR count). The monoisotopic (exact) mass is 413 g/mol. The van der Waals surface area contributed by atoms with Crippen LogP contribution in [0.5, 0.6) is 0 Å². The molecule has 0 radical (unpaired) electrons. The minimum atomic E-state index is -3.66. The Balaban J connectivity index is 2.14. The fourth-order valence-electron chi connectivity index (χ4n) is 2.24. The fourth-order valence-corrected chi connectivity index (χ4v) is 3.72. The van der Waals surface area contributed by atoms with E-state index in [0.717, 1.165) is 10.6 Å². The number of para-hydroxylation sites is 1. The number of nitrogens with zero attached hydrogens (tertiary/aromatic N) is 2. The van der Waals surface area contributed by atoms with Crippen LogP contribution >= 0.6 is 23.2 Å². The second-order valence-electron chi connectivity index (χ2n) is 5.48. The molecule has 0 saturated carbocycles. The molecule has 0 bridgehead atoms. The zero-order valence-corrected chi connectivity index (χ0v) is 16.4. The summed E-state index contributed by atoms with van der Waals surface area (Å²) in [6.07, 6.45) is 2.43. The molecule has 2 aromatic carbocycles. The molecule has 0 aliphatic heterocycles. The van der Waals surface area contributed by atoms with E-state index in [-0.39, 0.29) is 0 Å². The van der Waals surface area contributed by atoms with Crippen molar-refractivity contribution in [3.63, 3.8) is 0 Å². The van der Waals surface area contributed by atoms with Gasteiger partial charge in [0.05, 0.1) is 28.2 Å². The van der Waals surface area contributed by atoms with Crippen molar-refractivity contribution in [2.75, 3.05) is 10.6 Å². The summed E-state index contributed by atoms with van der Waals surface area (Å²) in [6.45, 7) is 1.48. The number of anilines is 1. The zero-order valence-electron chi connectivity index (χ0n) is 14.1. The van der Waals surface area contributed by atoms with E-state index in [9.17, 15) is 13.2 Å². The molecule has 2 aromatic rings. The average Bonchev–Trinajstić information content (AvgIpc) is 2.57. The molecule has 1 amide bonds. The lowest BCUT2D eigenvalue weighted by molar-refractivity contribution is -0.121. The third kappa shape index (κ3) is 5.20. The van der Waals surface area contributed by atoms with Gasteiger partial charge in [-0.25, -0.2) is 13.8 Å². The minimum Gasteiger partial charge on any atom is -0.271 e. The molecule has 0 heterocycles. The molecule has 26 heavy (non-hydrogen) atoms. The van der Waals surface area contributed by atoms with Crippen LogP contribution in [0.3, 0.4) is 0 Å². The van der Waals surface area contributed by atoms with Crippen molar-refractivity contribution >= 4 is 51.0 Å². The molecular formula is C17H17Cl2N3O3S. The van der Waals surface area contributed by atoms with Crippen LogP contribution in [-0.4, -0.2) is 32.8 Å². The van der Waals surface area contributed by atoms with Gasteiger partial charge in [-0.15, -0.1) is 0 Å². The molecule has 1 atom stereocenters. The van der Waals surface area contributed by atoms with Crippen molar-refractivity contribution in [3.8, 4) is 0 Å². The highest BCUT2D eigenvalue weighted by Crippen LogP contribution is 2.22. The number of hydrazone groups is 1. The smallest absolute Gasteiger partial charge is 0.263 e. The minimum absolute atomic E-state index is 0.364. The maximum absolute atomic E-state index is 12.3. The highest BCUT2D eigenvalue weighted by Gasteiger charge is 2.28. The molecule has 0 aliphatic rings. The quantitative estimate of drug-likeness (QED) is 0.582. The normalized spacial score (nSPS) is 12.8. The highest BCUT2D eigenvalue weighted by atomic mass is 35.5. The van der Waals surface area contributed by atoms with Crippen LogP contribution in [0.1, 0.15) is 12.5 Å². The van der Waals surface area contributed by atoms with E-state index in [2.05, 4.69) is 10.5 Å². The van der Waals surface area contributed by atoms with Gasteiger partial charge in [-0.1, -0.05) is 47.5 Å². The molecule has 9 heteroatoms. The first-order chi connectivity index (χ1) is 12.2. The Morgan fingerprint density at radius 1 is 1.15 bits per heavy atom. The number of nitrogens with one attached hydrogen (secondary N) is 1. The number of sulfonamides is 1. The van der Waals surface area contributed by atoms with Gasteiger partial charge < -0.3 is 0 Å². The molecule has 0 aromatic heterocycles. The summed E-state index contributed by atoms with van der Waals surface area (Å²) in [6, 6.07) is 12.3. The third-order valence-electron chi connectivity index (χ3n) is 3.43. The Hall–Kier alpha value is -2.09. The lowest BCUT2D eigenvalue weighted by Gasteiger charge is -2.27. The summed E-state index contributed by atoms with van der Waals surface area (Å²) in [5.41, 5.74) is 3.36. The Morgan fingerprint density at radius 2 is 1.81 bits per heavy atom. The van der Waals surface area contributed by atoms with Gasteiger partial charge in [-0.3, -0.25) is 9.10 Å². The van der Waals surface area contributed by atoms with Gasteiger partial charge in [0.2, 0.25) is 10.0 Å². The predicted octanol–water partition coefficient (Wildman–Crippen LogP) is 3.30.